The van der Waals surface area contributed by atoms with E-state index in [4.69, 9.17) is 0 Å². The number of benzene rings is 2. The van der Waals surface area contributed by atoms with Crippen LogP contribution in [-0.4, -0.2) is 30.9 Å². The molecule has 0 N–H and O–H groups in total. The van der Waals surface area contributed by atoms with Gasteiger partial charge < -0.3 is 4.90 Å². The maximum atomic E-state index is 4.57. The van der Waals surface area contributed by atoms with Gasteiger partial charge in [-0.25, -0.2) is 0 Å². The minimum atomic E-state index is 0.501. The number of aliphatic imine (C=N–C) groups is 1. The van der Waals surface area contributed by atoms with Crippen molar-refractivity contribution in [3.63, 3.8) is 0 Å². The van der Waals surface area contributed by atoms with E-state index in [1.807, 2.05) is 0 Å². The van der Waals surface area contributed by atoms with Crippen molar-refractivity contribution in [2.75, 3.05) is 19.6 Å². The molecule has 0 spiro atoms. The van der Waals surface area contributed by atoms with Crippen LogP contribution in [0.2, 0.25) is 0 Å². The average molecular weight is 335 g/mol. The summed E-state index contributed by atoms with van der Waals surface area (Å²) in [5.41, 5.74) is 2.90. The van der Waals surface area contributed by atoms with Crippen molar-refractivity contribution in [3.05, 3.63) is 71.8 Å². The lowest BCUT2D eigenvalue weighted by Crippen LogP contribution is -2.35. The van der Waals surface area contributed by atoms with Crippen LogP contribution in [0.15, 0.2) is 65.7 Å². The molecule has 0 amide bonds. The summed E-state index contributed by atoms with van der Waals surface area (Å²) in [4.78, 5) is 6.97. The summed E-state index contributed by atoms with van der Waals surface area (Å²) in [7, 11) is 0. The zero-order valence-electron chi connectivity index (χ0n) is 15.3. The van der Waals surface area contributed by atoms with Gasteiger partial charge in [-0.15, -0.1) is 0 Å². The van der Waals surface area contributed by atoms with Crippen LogP contribution in [0.1, 0.15) is 49.7 Å². The van der Waals surface area contributed by atoms with E-state index in [1.165, 1.54) is 36.8 Å². The molecule has 0 radical (unpaired) electrons. The fourth-order valence-corrected chi connectivity index (χ4v) is 3.85. The topological polar surface area (TPSA) is 15.6 Å². The highest BCUT2D eigenvalue weighted by Crippen LogP contribution is 2.37. The Balaban J connectivity index is 1.68. The summed E-state index contributed by atoms with van der Waals surface area (Å²) in [6, 6.07) is 22.0. The number of hydrogen-bond donors (Lipinski definition) is 0. The maximum Gasteiger partial charge on any atom is 0.0849 e. The lowest BCUT2D eigenvalue weighted by Gasteiger charge is -2.36. The molecule has 2 nitrogen and oxygen atoms in total. The smallest absolute Gasteiger partial charge is 0.0849 e. The van der Waals surface area contributed by atoms with Crippen LogP contribution in [0, 0.1) is 5.92 Å². The van der Waals surface area contributed by atoms with Gasteiger partial charge in [-0.2, -0.15) is 0 Å². The van der Waals surface area contributed by atoms with Crippen molar-refractivity contribution in [1.82, 2.24) is 4.90 Å². The van der Waals surface area contributed by atoms with Gasteiger partial charge in [0.2, 0.25) is 0 Å². The Labute approximate surface area is 152 Å². The van der Waals surface area contributed by atoms with Gasteiger partial charge >= 0.3 is 0 Å². The SMILES string of the molecule is CCCC/N=C/N1CCC(C(c2ccccc2)c2ccccc2)CC1. The molecule has 1 heterocycles. The van der Waals surface area contributed by atoms with Crippen molar-refractivity contribution in [2.24, 2.45) is 10.9 Å². The number of nitrogens with zero attached hydrogens (tertiary/aromatic N) is 2. The van der Waals surface area contributed by atoms with Crippen LogP contribution in [0.25, 0.3) is 0 Å². The molecule has 2 heteroatoms. The fourth-order valence-electron chi connectivity index (χ4n) is 3.85. The molecule has 2 aromatic rings. The summed E-state index contributed by atoms with van der Waals surface area (Å²) in [6.45, 7) is 5.42. The van der Waals surface area contributed by atoms with E-state index in [9.17, 15) is 0 Å². The molecule has 25 heavy (non-hydrogen) atoms. The summed E-state index contributed by atoms with van der Waals surface area (Å²) in [5, 5.41) is 0. The van der Waals surface area contributed by atoms with E-state index in [1.54, 1.807) is 0 Å². The van der Waals surface area contributed by atoms with Gasteiger partial charge in [-0.05, 0) is 36.3 Å². The minimum absolute atomic E-state index is 0.501. The molecule has 0 saturated carbocycles. The predicted molar refractivity (Wildman–Crippen MR) is 107 cm³/mol. The first-order valence-corrected chi connectivity index (χ1v) is 9.72. The Bertz CT molecular complexity index is 588. The molecule has 0 aliphatic carbocycles. The number of hydrogen-bond acceptors (Lipinski definition) is 1. The minimum Gasteiger partial charge on any atom is -0.363 e. The fraction of sp³-hybridized carbons (Fsp3) is 0.435. The second-order valence-corrected chi connectivity index (χ2v) is 7.05. The van der Waals surface area contributed by atoms with Gasteiger partial charge in [-0.1, -0.05) is 74.0 Å². The molecule has 3 rings (SSSR count). The summed E-state index contributed by atoms with van der Waals surface area (Å²) >= 11 is 0. The Morgan fingerprint density at radius 1 is 0.960 bits per heavy atom. The molecule has 0 unspecified atom stereocenters. The maximum absolute atomic E-state index is 4.57. The molecule has 0 atom stereocenters. The third-order valence-electron chi connectivity index (χ3n) is 5.25. The van der Waals surface area contributed by atoms with E-state index < -0.39 is 0 Å². The van der Waals surface area contributed by atoms with Crippen molar-refractivity contribution >= 4 is 6.34 Å². The molecule has 1 aliphatic heterocycles. The normalized spacial score (nSPS) is 16.0. The van der Waals surface area contributed by atoms with Gasteiger partial charge in [0.25, 0.3) is 0 Å². The van der Waals surface area contributed by atoms with Crippen molar-refractivity contribution in [1.29, 1.82) is 0 Å². The molecule has 1 aliphatic rings. The quantitative estimate of drug-likeness (QED) is 0.378. The van der Waals surface area contributed by atoms with Crippen LogP contribution in [-0.2, 0) is 0 Å². The van der Waals surface area contributed by atoms with Crippen molar-refractivity contribution < 1.29 is 0 Å². The van der Waals surface area contributed by atoms with Gasteiger partial charge in [-0.3, -0.25) is 4.99 Å². The van der Waals surface area contributed by atoms with E-state index in [-0.39, 0.29) is 0 Å². The van der Waals surface area contributed by atoms with E-state index in [0.717, 1.165) is 19.6 Å². The summed E-state index contributed by atoms with van der Waals surface area (Å²) < 4.78 is 0. The van der Waals surface area contributed by atoms with Crippen LogP contribution < -0.4 is 0 Å². The van der Waals surface area contributed by atoms with Crippen LogP contribution in [0.5, 0.6) is 0 Å². The zero-order chi connectivity index (χ0) is 17.3. The van der Waals surface area contributed by atoms with Gasteiger partial charge in [0.1, 0.15) is 0 Å². The number of piperidine rings is 1. The molecule has 0 aromatic heterocycles. The number of rotatable bonds is 7. The average Bonchev–Trinajstić information content (AvgIpc) is 2.68. The molecule has 1 saturated heterocycles. The molecule has 1 fully saturated rings. The number of likely N-dealkylation sites (tertiary alicyclic amines) is 1. The van der Waals surface area contributed by atoms with Crippen LogP contribution in [0.3, 0.4) is 0 Å². The molecule has 132 valence electrons. The Hall–Kier alpha value is -2.09. The highest BCUT2D eigenvalue weighted by Gasteiger charge is 2.28. The molecular formula is C23H30N2. The van der Waals surface area contributed by atoms with E-state index in [0.29, 0.717) is 11.8 Å². The first kappa shape index (κ1) is 17.7. The van der Waals surface area contributed by atoms with Crippen molar-refractivity contribution in [3.8, 4) is 0 Å². The molecular weight excluding hydrogens is 304 g/mol. The second kappa shape index (κ2) is 9.41. The van der Waals surface area contributed by atoms with Gasteiger partial charge in [0.15, 0.2) is 0 Å². The highest BCUT2D eigenvalue weighted by atomic mass is 15.1. The first-order valence-electron chi connectivity index (χ1n) is 9.72. The third-order valence-corrected chi connectivity index (χ3v) is 5.25. The summed E-state index contributed by atoms with van der Waals surface area (Å²) in [6.07, 6.45) is 6.96. The van der Waals surface area contributed by atoms with Gasteiger partial charge in [0, 0.05) is 25.6 Å². The second-order valence-electron chi connectivity index (χ2n) is 7.05. The third kappa shape index (κ3) is 4.94. The lowest BCUT2D eigenvalue weighted by atomic mass is 9.76. The van der Waals surface area contributed by atoms with Gasteiger partial charge in [0.05, 0.1) is 6.34 Å². The lowest BCUT2D eigenvalue weighted by molar-refractivity contribution is 0.254. The number of unbranched alkanes of at least 4 members (excludes halogenated alkanes) is 1. The Morgan fingerprint density at radius 2 is 1.52 bits per heavy atom. The highest BCUT2D eigenvalue weighted by molar-refractivity contribution is 5.55. The standard InChI is InChI=1S/C23H30N2/c1-2-3-16-24-19-25-17-14-22(15-18-25)23(20-10-6-4-7-11-20)21-12-8-5-9-13-21/h4-13,19,22-23H,2-3,14-18H2,1H3/b24-19+. The Kier molecular flexibility index (Phi) is 6.67. The monoisotopic (exact) mass is 334 g/mol. The van der Waals surface area contributed by atoms with Crippen LogP contribution >= 0.6 is 0 Å². The molecule has 2 aromatic carbocycles. The first-order chi connectivity index (χ1) is 12.4. The van der Waals surface area contributed by atoms with Crippen LogP contribution in [0.4, 0.5) is 0 Å². The van der Waals surface area contributed by atoms with E-state index in [2.05, 4.69) is 83.8 Å². The zero-order valence-corrected chi connectivity index (χ0v) is 15.3. The molecule has 0 bridgehead atoms. The largest absolute Gasteiger partial charge is 0.363 e. The predicted octanol–water partition coefficient (Wildman–Crippen LogP) is 5.36. The summed E-state index contributed by atoms with van der Waals surface area (Å²) in [5.74, 6) is 1.20. The van der Waals surface area contributed by atoms with Crippen molar-refractivity contribution in [2.45, 2.75) is 38.5 Å². The Morgan fingerprint density at radius 3 is 2.04 bits per heavy atom. The van der Waals surface area contributed by atoms with E-state index >= 15 is 0 Å².